The summed E-state index contributed by atoms with van der Waals surface area (Å²) in [7, 11) is -2.30. The lowest BCUT2D eigenvalue weighted by Crippen LogP contribution is -2.51. The number of benzene rings is 2. The number of amides is 2. The summed E-state index contributed by atoms with van der Waals surface area (Å²) < 4.78 is 27.4. The zero-order valence-electron chi connectivity index (χ0n) is 18.9. The minimum Gasteiger partial charge on any atom is -0.342 e. The normalized spacial score (nSPS) is 17.2. The van der Waals surface area contributed by atoms with Crippen molar-refractivity contribution >= 4 is 27.5 Å². The van der Waals surface area contributed by atoms with Gasteiger partial charge >= 0.3 is 0 Å². The molecule has 4 rings (SSSR count). The lowest BCUT2D eigenvalue weighted by atomic mass is 10.2. The van der Waals surface area contributed by atoms with Gasteiger partial charge in [0.05, 0.1) is 17.1 Å². The van der Waals surface area contributed by atoms with E-state index in [4.69, 9.17) is 0 Å². The van der Waals surface area contributed by atoms with Gasteiger partial charge in [0.25, 0.3) is 15.9 Å². The number of hydrogen-bond acceptors (Lipinski definition) is 5. The molecular weight excluding hydrogens is 440 g/mol. The molecule has 0 bridgehead atoms. The molecule has 2 saturated heterocycles. The summed E-state index contributed by atoms with van der Waals surface area (Å²) in [6, 6.07) is 15.0. The van der Waals surface area contributed by atoms with Crippen LogP contribution < -0.4 is 4.31 Å². The maximum absolute atomic E-state index is 13.1. The molecule has 9 heteroatoms. The van der Waals surface area contributed by atoms with Crippen molar-refractivity contribution in [3.63, 3.8) is 0 Å². The second kappa shape index (κ2) is 9.93. The molecule has 2 fully saturated rings. The Kier molecular flexibility index (Phi) is 6.99. The van der Waals surface area contributed by atoms with Crippen molar-refractivity contribution in [3.8, 4) is 0 Å². The van der Waals surface area contributed by atoms with E-state index >= 15 is 0 Å². The van der Waals surface area contributed by atoms with Crippen LogP contribution in [0.25, 0.3) is 0 Å². The Morgan fingerprint density at radius 1 is 0.848 bits per heavy atom. The van der Waals surface area contributed by atoms with Gasteiger partial charge in [0.15, 0.2) is 0 Å². The number of nitrogens with zero attached hydrogens (tertiary/aromatic N) is 4. The fourth-order valence-electron chi connectivity index (χ4n) is 4.27. The molecule has 0 radical (unpaired) electrons. The van der Waals surface area contributed by atoms with Gasteiger partial charge in [0.1, 0.15) is 0 Å². The Morgan fingerprint density at radius 2 is 1.52 bits per heavy atom. The molecule has 0 spiro atoms. The maximum Gasteiger partial charge on any atom is 0.264 e. The number of anilines is 1. The maximum atomic E-state index is 13.1. The molecule has 0 aliphatic carbocycles. The SMILES string of the molecule is CN(c1ccccc1)S(=O)(=O)c1cccc(C(=O)N2CCN(CC(=O)N3CCCC3)CC2)c1. The zero-order valence-corrected chi connectivity index (χ0v) is 19.7. The van der Waals surface area contributed by atoms with Crippen LogP contribution in [-0.2, 0) is 14.8 Å². The number of rotatable bonds is 6. The Bertz CT molecular complexity index is 1090. The van der Waals surface area contributed by atoms with Gasteiger partial charge in [-0.1, -0.05) is 24.3 Å². The number of para-hydroxylation sites is 1. The third kappa shape index (κ3) is 5.20. The van der Waals surface area contributed by atoms with E-state index in [1.165, 1.54) is 23.5 Å². The fraction of sp³-hybridized carbons (Fsp3) is 0.417. The number of carbonyl (C=O) groups excluding carboxylic acids is 2. The summed E-state index contributed by atoms with van der Waals surface area (Å²) in [6.07, 6.45) is 2.15. The first-order valence-corrected chi connectivity index (χ1v) is 12.7. The first-order valence-electron chi connectivity index (χ1n) is 11.3. The third-order valence-corrected chi connectivity index (χ3v) is 8.12. The first kappa shape index (κ1) is 23.3. The van der Waals surface area contributed by atoms with E-state index in [-0.39, 0.29) is 16.7 Å². The molecule has 8 nitrogen and oxygen atoms in total. The fourth-order valence-corrected chi connectivity index (χ4v) is 5.52. The Morgan fingerprint density at radius 3 is 2.18 bits per heavy atom. The van der Waals surface area contributed by atoms with Crippen LogP contribution in [0.2, 0.25) is 0 Å². The highest BCUT2D eigenvalue weighted by molar-refractivity contribution is 7.92. The summed E-state index contributed by atoms with van der Waals surface area (Å²) in [4.78, 5) is 31.3. The van der Waals surface area contributed by atoms with Crippen LogP contribution in [0.4, 0.5) is 5.69 Å². The molecule has 2 aromatic rings. The van der Waals surface area contributed by atoms with Crippen LogP contribution in [-0.4, -0.2) is 87.8 Å². The molecule has 0 unspecified atom stereocenters. The number of sulfonamides is 1. The molecule has 2 amide bonds. The first-order chi connectivity index (χ1) is 15.9. The van der Waals surface area contributed by atoms with Crippen molar-refractivity contribution in [1.82, 2.24) is 14.7 Å². The second-order valence-corrected chi connectivity index (χ2v) is 10.5. The number of hydrogen-bond donors (Lipinski definition) is 0. The van der Waals surface area contributed by atoms with Gasteiger partial charge in [-0.25, -0.2) is 8.42 Å². The van der Waals surface area contributed by atoms with Gasteiger partial charge in [-0.2, -0.15) is 0 Å². The molecular formula is C24H30N4O4S. The lowest BCUT2D eigenvalue weighted by Gasteiger charge is -2.35. The van der Waals surface area contributed by atoms with Crippen molar-refractivity contribution < 1.29 is 18.0 Å². The highest BCUT2D eigenvalue weighted by atomic mass is 32.2. The topological polar surface area (TPSA) is 81.2 Å². The van der Waals surface area contributed by atoms with Crippen LogP contribution in [0.3, 0.4) is 0 Å². The average Bonchev–Trinajstić information content (AvgIpc) is 3.39. The van der Waals surface area contributed by atoms with Crippen LogP contribution in [0.15, 0.2) is 59.5 Å². The largest absolute Gasteiger partial charge is 0.342 e. The summed E-state index contributed by atoms with van der Waals surface area (Å²) in [5.74, 6) is -0.0346. The van der Waals surface area contributed by atoms with E-state index in [0.29, 0.717) is 44.0 Å². The van der Waals surface area contributed by atoms with Crippen LogP contribution >= 0.6 is 0 Å². The average molecular weight is 471 g/mol. The quantitative estimate of drug-likeness (QED) is 0.644. The predicted molar refractivity (Wildman–Crippen MR) is 127 cm³/mol. The smallest absolute Gasteiger partial charge is 0.264 e. The van der Waals surface area contributed by atoms with E-state index in [1.807, 2.05) is 11.0 Å². The van der Waals surface area contributed by atoms with E-state index in [1.54, 1.807) is 41.3 Å². The van der Waals surface area contributed by atoms with E-state index in [0.717, 1.165) is 25.9 Å². The van der Waals surface area contributed by atoms with Crippen molar-refractivity contribution in [2.24, 2.45) is 0 Å². The van der Waals surface area contributed by atoms with Crippen LogP contribution in [0.5, 0.6) is 0 Å². The molecule has 0 saturated carbocycles. The molecule has 176 valence electrons. The summed E-state index contributed by atoms with van der Waals surface area (Å²) in [5.41, 5.74) is 0.896. The second-order valence-electron chi connectivity index (χ2n) is 8.49. The van der Waals surface area contributed by atoms with Crippen molar-refractivity contribution in [3.05, 3.63) is 60.2 Å². The molecule has 2 heterocycles. The molecule has 33 heavy (non-hydrogen) atoms. The molecule has 0 atom stereocenters. The molecule has 2 aromatic carbocycles. The van der Waals surface area contributed by atoms with Crippen molar-refractivity contribution in [1.29, 1.82) is 0 Å². The molecule has 2 aliphatic heterocycles. The Labute approximate surface area is 195 Å². The lowest BCUT2D eigenvalue weighted by molar-refractivity contribution is -0.131. The highest BCUT2D eigenvalue weighted by Crippen LogP contribution is 2.23. The monoisotopic (exact) mass is 470 g/mol. The van der Waals surface area contributed by atoms with Crippen molar-refractivity contribution in [2.45, 2.75) is 17.7 Å². The van der Waals surface area contributed by atoms with Gasteiger partial charge in [-0.05, 0) is 43.2 Å². The third-order valence-electron chi connectivity index (χ3n) is 6.34. The summed E-state index contributed by atoms with van der Waals surface area (Å²) >= 11 is 0. The molecule has 0 aromatic heterocycles. The number of carbonyl (C=O) groups is 2. The Balaban J connectivity index is 1.39. The van der Waals surface area contributed by atoms with Gasteiger partial charge in [-0.3, -0.25) is 18.8 Å². The number of piperazine rings is 1. The summed E-state index contributed by atoms with van der Waals surface area (Å²) in [6.45, 7) is 4.34. The van der Waals surface area contributed by atoms with Gasteiger partial charge in [0, 0.05) is 51.9 Å². The minimum absolute atomic E-state index is 0.0783. The molecule has 2 aliphatic rings. The zero-order chi connectivity index (χ0) is 23.4. The van der Waals surface area contributed by atoms with Crippen LogP contribution in [0.1, 0.15) is 23.2 Å². The minimum atomic E-state index is -3.80. The molecule has 0 N–H and O–H groups in total. The van der Waals surface area contributed by atoms with Gasteiger partial charge < -0.3 is 9.80 Å². The Hall–Kier alpha value is -2.91. The van der Waals surface area contributed by atoms with Gasteiger partial charge in [-0.15, -0.1) is 0 Å². The summed E-state index contributed by atoms with van der Waals surface area (Å²) in [5, 5.41) is 0. The van der Waals surface area contributed by atoms with Gasteiger partial charge in [0.2, 0.25) is 5.91 Å². The van der Waals surface area contributed by atoms with Crippen LogP contribution in [0, 0.1) is 0 Å². The van der Waals surface area contributed by atoms with E-state index in [2.05, 4.69) is 4.90 Å². The van der Waals surface area contributed by atoms with Crippen molar-refractivity contribution in [2.75, 3.05) is 57.2 Å². The van der Waals surface area contributed by atoms with E-state index < -0.39 is 10.0 Å². The highest BCUT2D eigenvalue weighted by Gasteiger charge is 2.27. The van der Waals surface area contributed by atoms with E-state index in [9.17, 15) is 18.0 Å². The standard InChI is InChI=1S/C24H30N4O4S/c1-25(21-9-3-2-4-10-21)33(31,32)22-11-7-8-20(18-22)24(30)28-16-14-26(15-17-28)19-23(29)27-12-5-6-13-27/h2-4,7-11,18H,5-6,12-17,19H2,1H3. The predicted octanol–water partition coefficient (Wildman–Crippen LogP) is 1.89. The number of likely N-dealkylation sites (tertiary alicyclic amines) is 1.